The molecule has 0 aliphatic carbocycles. The molecule has 0 saturated heterocycles. The molecule has 3 aromatic rings. The van der Waals surface area contributed by atoms with Gasteiger partial charge in [0.2, 0.25) is 0 Å². The van der Waals surface area contributed by atoms with Crippen LogP contribution in [0.15, 0.2) is 91.8 Å². The molecule has 0 spiro atoms. The van der Waals surface area contributed by atoms with Crippen molar-refractivity contribution in [3.05, 3.63) is 91.8 Å². The Morgan fingerprint density at radius 2 is 0.500 bits per heavy atom. The SMILES string of the molecule is C[n+]1ccccc1.C[n+]1ccccc1.C[n+]1ccccc1.[F-].[F-].[F-]. The minimum absolute atomic E-state index is 0. The highest BCUT2D eigenvalue weighted by molar-refractivity contribution is 4.84. The van der Waals surface area contributed by atoms with Crippen LogP contribution in [0.1, 0.15) is 0 Å². The third kappa shape index (κ3) is 14.2. The second-order valence-electron chi connectivity index (χ2n) is 4.62. The van der Waals surface area contributed by atoms with Gasteiger partial charge in [0.25, 0.3) is 0 Å². The Morgan fingerprint density at radius 3 is 0.583 bits per heavy atom. The molecule has 0 N–H and O–H groups in total. The predicted octanol–water partition coefficient (Wildman–Crippen LogP) is -7.45. The molecule has 0 amide bonds. The van der Waals surface area contributed by atoms with Crippen LogP contribution in [0.4, 0.5) is 0 Å². The van der Waals surface area contributed by atoms with E-state index in [0.29, 0.717) is 0 Å². The van der Waals surface area contributed by atoms with Crippen LogP contribution in [0, 0.1) is 0 Å². The second kappa shape index (κ2) is 16.6. The molecule has 3 rings (SSSR count). The van der Waals surface area contributed by atoms with Crippen molar-refractivity contribution >= 4 is 0 Å². The third-order valence-electron chi connectivity index (χ3n) is 2.59. The van der Waals surface area contributed by atoms with Crippen molar-refractivity contribution in [3.8, 4) is 0 Å². The molecule has 6 heteroatoms. The van der Waals surface area contributed by atoms with Gasteiger partial charge in [-0.15, -0.1) is 0 Å². The number of hydrogen-bond donors (Lipinski definition) is 0. The zero-order chi connectivity index (χ0) is 15.3. The van der Waals surface area contributed by atoms with Crippen molar-refractivity contribution < 1.29 is 27.8 Å². The minimum atomic E-state index is 0. The maximum atomic E-state index is 2.00. The highest BCUT2D eigenvalue weighted by atomic mass is 19.0. The number of halogens is 3. The van der Waals surface area contributed by atoms with Gasteiger partial charge in [-0.1, -0.05) is 18.2 Å². The van der Waals surface area contributed by atoms with E-state index in [1.54, 1.807) is 0 Å². The molecule has 0 aliphatic heterocycles. The molecule has 0 unspecified atom stereocenters. The molecule has 3 heterocycles. The molecule has 0 bridgehead atoms. The lowest BCUT2D eigenvalue weighted by molar-refractivity contribution is -0.671. The van der Waals surface area contributed by atoms with E-state index in [1.165, 1.54) is 0 Å². The molecule has 0 aromatic carbocycles. The molecule has 0 fully saturated rings. The van der Waals surface area contributed by atoms with Gasteiger partial charge in [-0.25, -0.2) is 13.7 Å². The van der Waals surface area contributed by atoms with Gasteiger partial charge in [0, 0.05) is 36.4 Å². The van der Waals surface area contributed by atoms with Crippen LogP contribution in [-0.4, -0.2) is 0 Å². The van der Waals surface area contributed by atoms with Gasteiger partial charge >= 0.3 is 0 Å². The quantitative estimate of drug-likeness (QED) is 0.361. The Labute approximate surface area is 141 Å². The van der Waals surface area contributed by atoms with Crippen molar-refractivity contribution in [2.75, 3.05) is 0 Å². The Balaban J connectivity index is -0.000000259. The summed E-state index contributed by atoms with van der Waals surface area (Å²) in [6.07, 6.45) is 12.0. The second-order valence-corrected chi connectivity index (χ2v) is 4.62. The fourth-order valence-electron chi connectivity index (χ4n) is 1.45. The maximum Gasteiger partial charge on any atom is 0.168 e. The molecular weight excluding hydrogens is 315 g/mol. The number of pyridine rings is 3. The number of nitrogens with zero attached hydrogens (tertiary/aromatic N) is 3. The lowest BCUT2D eigenvalue weighted by Gasteiger charge is -1.77. The topological polar surface area (TPSA) is 11.6 Å². The Morgan fingerprint density at radius 1 is 0.333 bits per heavy atom. The number of hydrogen-bond acceptors (Lipinski definition) is 0. The minimum Gasteiger partial charge on any atom is -1.00 e. The van der Waals surface area contributed by atoms with Crippen LogP contribution < -0.4 is 27.8 Å². The van der Waals surface area contributed by atoms with Gasteiger partial charge in [0.05, 0.1) is 0 Å². The van der Waals surface area contributed by atoms with Crippen LogP contribution in [0.3, 0.4) is 0 Å². The maximum absolute atomic E-state index is 2.00. The molecule has 0 saturated carbocycles. The highest BCUT2D eigenvalue weighted by Gasteiger charge is 1.79. The summed E-state index contributed by atoms with van der Waals surface area (Å²) >= 11 is 0. The smallest absolute Gasteiger partial charge is 0.168 e. The molecule has 132 valence electrons. The lowest BCUT2D eigenvalue weighted by atomic mass is 10.5. The first kappa shape index (κ1) is 26.2. The van der Waals surface area contributed by atoms with Crippen LogP contribution in [-0.2, 0) is 21.1 Å². The van der Waals surface area contributed by atoms with E-state index in [1.807, 2.05) is 127 Å². The normalized spacial score (nSPS) is 7.62. The van der Waals surface area contributed by atoms with Gasteiger partial charge in [-0.05, 0) is 0 Å². The highest BCUT2D eigenvalue weighted by Crippen LogP contribution is 1.72. The lowest BCUT2D eigenvalue weighted by Crippen LogP contribution is -3.00. The zero-order valence-corrected chi connectivity index (χ0v) is 14.1. The van der Waals surface area contributed by atoms with Crippen molar-refractivity contribution in [3.63, 3.8) is 0 Å². The predicted molar refractivity (Wildman–Crippen MR) is 82.9 cm³/mol. The van der Waals surface area contributed by atoms with E-state index in [0.717, 1.165) is 0 Å². The van der Waals surface area contributed by atoms with Crippen molar-refractivity contribution in [1.82, 2.24) is 0 Å². The molecule has 24 heavy (non-hydrogen) atoms. The molecule has 0 radical (unpaired) electrons. The summed E-state index contributed by atoms with van der Waals surface area (Å²) in [5.74, 6) is 0. The summed E-state index contributed by atoms with van der Waals surface area (Å²) in [5, 5.41) is 0. The van der Waals surface area contributed by atoms with Gasteiger partial charge in [0.1, 0.15) is 21.1 Å². The van der Waals surface area contributed by atoms with E-state index in [4.69, 9.17) is 0 Å². The van der Waals surface area contributed by atoms with E-state index in [9.17, 15) is 0 Å². The average Bonchev–Trinajstić information content (AvgIpc) is 2.51. The van der Waals surface area contributed by atoms with Gasteiger partial charge in [-0.3, -0.25) is 0 Å². The number of rotatable bonds is 0. The van der Waals surface area contributed by atoms with E-state index in [-0.39, 0.29) is 14.1 Å². The monoisotopic (exact) mass is 339 g/mol. The van der Waals surface area contributed by atoms with E-state index >= 15 is 0 Å². The van der Waals surface area contributed by atoms with Crippen molar-refractivity contribution in [2.24, 2.45) is 21.1 Å². The molecule has 0 atom stereocenters. The largest absolute Gasteiger partial charge is 1.00 e. The summed E-state index contributed by atoms with van der Waals surface area (Å²) in [6, 6.07) is 18.0. The first-order valence-corrected chi connectivity index (χ1v) is 6.89. The zero-order valence-electron chi connectivity index (χ0n) is 14.1. The van der Waals surface area contributed by atoms with E-state index in [2.05, 4.69) is 0 Å². The van der Waals surface area contributed by atoms with Crippen LogP contribution >= 0.6 is 0 Å². The Kier molecular flexibility index (Phi) is 18.1. The Bertz CT molecular complexity index is 505. The van der Waals surface area contributed by atoms with Crippen molar-refractivity contribution in [2.45, 2.75) is 0 Å². The summed E-state index contributed by atoms with van der Waals surface area (Å²) in [6.45, 7) is 0. The number of aromatic nitrogens is 3. The summed E-state index contributed by atoms with van der Waals surface area (Å²) < 4.78 is 6.00. The summed E-state index contributed by atoms with van der Waals surface area (Å²) in [4.78, 5) is 0. The molecular formula is C18H24F3N3. The molecule has 3 aromatic heterocycles. The standard InChI is InChI=1S/3C6H8N.3FH/c3*1-7-5-3-2-4-6-7;;;/h3*2-6H,1H3;3*1H/q3*+1;;;/p-3. The van der Waals surface area contributed by atoms with Crippen molar-refractivity contribution in [1.29, 1.82) is 0 Å². The first-order chi connectivity index (χ1) is 10.2. The van der Waals surface area contributed by atoms with Gasteiger partial charge in [0.15, 0.2) is 37.2 Å². The summed E-state index contributed by atoms with van der Waals surface area (Å²) in [5.41, 5.74) is 0. The molecule has 0 aliphatic rings. The molecule has 3 nitrogen and oxygen atoms in total. The number of aryl methyl sites for hydroxylation is 3. The van der Waals surface area contributed by atoms with Crippen LogP contribution in [0.25, 0.3) is 0 Å². The van der Waals surface area contributed by atoms with Gasteiger partial charge in [-0.2, -0.15) is 0 Å². The van der Waals surface area contributed by atoms with Gasteiger partial charge < -0.3 is 14.1 Å². The van der Waals surface area contributed by atoms with Crippen LogP contribution in [0.5, 0.6) is 0 Å². The first-order valence-electron chi connectivity index (χ1n) is 6.89. The third-order valence-corrected chi connectivity index (χ3v) is 2.59. The van der Waals surface area contributed by atoms with E-state index < -0.39 is 0 Å². The fourth-order valence-corrected chi connectivity index (χ4v) is 1.45. The average molecular weight is 339 g/mol. The fraction of sp³-hybridized carbons (Fsp3) is 0.167. The Hall–Kier alpha value is -2.76. The summed E-state index contributed by atoms with van der Waals surface area (Å²) in [7, 11) is 6.00. The van der Waals surface area contributed by atoms with Crippen LogP contribution in [0.2, 0.25) is 0 Å².